The number of ether oxygens (including phenoxy) is 10. The maximum absolute atomic E-state index is 15.0. The molecule has 2 fully saturated rings. The normalized spacial score (nSPS) is 23.7. The summed E-state index contributed by atoms with van der Waals surface area (Å²) < 4.78 is 58.7. The smallest absolute Gasteiger partial charge is 0.246 e. The topological polar surface area (TPSA) is 405 Å². The number of phenols is 1. The van der Waals surface area contributed by atoms with Crippen molar-refractivity contribution >= 4 is 58.7 Å². The van der Waals surface area contributed by atoms with Crippen molar-refractivity contribution in [1.29, 1.82) is 0 Å². The number of rotatable bonds is 55. The second kappa shape index (κ2) is 52.2. The van der Waals surface area contributed by atoms with Crippen LogP contribution in [0.2, 0.25) is 0 Å². The van der Waals surface area contributed by atoms with Crippen LogP contribution in [-0.4, -0.2) is 277 Å². The highest BCUT2D eigenvalue weighted by atomic mass is 16.6. The van der Waals surface area contributed by atoms with Crippen LogP contribution in [0, 0.1) is 34.5 Å². The number of quaternary nitrogens is 1. The number of carbonyl (C=O) groups is 9. The van der Waals surface area contributed by atoms with Gasteiger partial charge < -0.3 is 99.7 Å². The van der Waals surface area contributed by atoms with Crippen molar-refractivity contribution in [3.05, 3.63) is 81.4 Å². The van der Waals surface area contributed by atoms with Gasteiger partial charge in [0.25, 0.3) is 0 Å². The third kappa shape index (κ3) is 31.0. The summed E-state index contributed by atoms with van der Waals surface area (Å²) in [6.07, 6.45) is 17.8. The van der Waals surface area contributed by atoms with Gasteiger partial charge in [0.2, 0.25) is 47.3 Å². The van der Waals surface area contributed by atoms with Crippen LogP contribution in [-0.2, 0) is 114 Å². The predicted molar refractivity (Wildman–Crippen MR) is 494 cm³/mol. The van der Waals surface area contributed by atoms with E-state index in [2.05, 4.69) is 94.1 Å². The van der Waals surface area contributed by atoms with E-state index >= 15 is 0 Å². The van der Waals surface area contributed by atoms with Crippen LogP contribution in [0.5, 0.6) is 5.75 Å². The Morgan fingerprint density at radius 1 is 0.504 bits per heavy atom. The number of imide groups is 1. The second-order valence-corrected chi connectivity index (χ2v) is 39.1. The quantitative estimate of drug-likeness (QED) is 0.0174. The third-order valence-corrected chi connectivity index (χ3v) is 28.0. The fourth-order valence-corrected chi connectivity index (χ4v) is 20.6. The summed E-state index contributed by atoms with van der Waals surface area (Å²) in [7, 11) is 8.21. The molecule has 11 atom stereocenters. The number of hydrogen-bond acceptors (Lipinski definition) is 26. The van der Waals surface area contributed by atoms with Gasteiger partial charge in [-0.1, -0.05) is 99.1 Å². The molecule has 2 heterocycles. The lowest BCUT2D eigenvalue weighted by atomic mass is 9.49. The van der Waals surface area contributed by atoms with Crippen molar-refractivity contribution < 1.29 is 100 Å². The summed E-state index contributed by atoms with van der Waals surface area (Å²) in [5.41, 5.74) is 19.7. The van der Waals surface area contributed by atoms with Crippen molar-refractivity contribution in [2.45, 2.75) is 251 Å². The van der Waals surface area contributed by atoms with Gasteiger partial charge in [-0.3, -0.25) is 58.5 Å². The zero-order valence-electron chi connectivity index (χ0n) is 80.3. The molecule has 34 heteroatoms. The van der Waals surface area contributed by atoms with Gasteiger partial charge in [-0.05, 0) is 184 Å². The van der Waals surface area contributed by atoms with E-state index in [1.165, 1.54) is 11.3 Å². The monoisotopic (exact) mass is 1840 g/mol. The number of unbranched alkanes of at least 4 members (excludes halogenated alkanes) is 1. The molecule has 12 N–H and O–H groups in total. The zero-order valence-corrected chi connectivity index (χ0v) is 80.3. The average Bonchev–Trinajstić information content (AvgIpc) is 0.983. The summed E-state index contributed by atoms with van der Waals surface area (Å²) in [6.45, 7) is 21.5. The Bertz CT molecular complexity index is 4130. The second-order valence-electron chi connectivity index (χ2n) is 39.1. The van der Waals surface area contributed by atoms with Gasteiger partial charge in [-0.25, -0.2) is 0 Å². The molecule has 0 spiro atoms. The zero-order chi connectivity index (χ0) is 94.0. The maximum atomic E-state index is 15.0. The minimum atomic E-state index is -1.07. The largest absolute Gasteiger partial charge is 0.508 e. The molecule has 6 aliphatic carbocycles. The third-order valence-electron chi connectivity index (χ3n) is 28.0. The number of fused-ring (bicyclic) bond motifs is 6. The number of ketones is 1. The van der Waals surface area contributed by atoms with Gasteiger partial charge in [0.05, 0.1) is 186 Å². The van der Waals surface area contributed by atoms with Crippen LogP contribution in [0.15, 0.2) is 59.2 Å². The number of aryl methyl sites for hydroxylation is 2. The number of likely N-dealkylation sites (N-methyl/N-ethyl adjacent to an activating group) is 1. The first-order chi connectivity index (χ1) is 62.9. The van der Waals surface area contributed by atoms with Crippen LogP contribution in [0.3, 0.4) is 0 Å². The Kier molecular flexibility index (Phi) is 41.9. The van der Waals surface area contributed by atoms with Crippen molar-refractivity contribution in [2.75, 3.05) is 185 Å². The Morgan fingerprint density at radius 3 is 1.56 bits per heavy atom. The average molecular weight is 1840 g/mol. The molecule has 8 aliphatic rings. The summed E-state index contributed by atoms with van der Waals surface area (Å²) >= 11 is 0. The van der Waals surface area contributed by atoms with Crippen molar-refractivity contribution in [3.63, 3.8) is 0 Å². The molecular formula is C97H157N14O20+. The van der Waals surface area contributed by atoms with Gasteiger partial charge in [-0.2, -0.15) is 0 Å². The molecule has 2 aromatic carbocycles. The Balaban J connectivity index is 0.654. The standard InChI is InChI=1S/C97H156N14O20/c1-67(2)87(78(113)62-68(3)90(118)101-71-31-27-69-29-33-81-94(4,73(69)63-71)37-20-39-96(81,6)92(120)104-93(121)97(7)40-21-38-95(5)74-64-72(112)32-28-70(74)30-34-82(95)97)103-91(119)75(102-84(115)36-47-123-51-55-127-58-60-128-56-52-124-48-43-100-86(117)66-130-79-25-16-12-14-23-76-88(79)105-107-109(76)8)22-18-19-41-98-85(116)65-131-80-26-17-13-15-24-77-89(80)106-108-110(77)44-49-125-53-57-129-61-59-126-54-50-122-46-35-83(114)99-42-45-111(9,10)11/h27-28,31-32,63-64,67-68,75,79-82,87,105-108H,12-26,29-30,33-62,65-66H2,1-11H3,(H7-,98,99,100,101,102,103,104,112,114,115,116,117,118,119,120,121)/p+1/t68-,75-,79?,80?,81-,82-,87+,94-,95-,96+,97+/m1/s1. The molecule has 0 saturated heterocycles. The van der Waals surface area contributed by atoms with E-state index in [1.54, 1.807) is 13.0 Å². The van der Waals surface area contributed by atoms with Crippen LogP contribution in [0.25, 0.3) is 0 Å². The molecule has 10 rings (SSSR count). The van der Waals surface area contributed by atoms with E-state index in [4.69, 9.17) is 47.4 Å². The highest BCUT2D eigenvalue weighted by Gasteiger charge is 2.59. The number of carbonyl (C=O) groups excluding carboxylic acids is 9. The number of anilines is 1. The van der Waals surface area contributed by atoms with Crippen LogP contribution in [0.1, 0.15) is 225 Å². The van der Waals surface area contributed by atoms with Crippen molar-refractivity contribution in [2.24, 2.45) is 34.5 Å². The van der Waals surface area contributed by atoms with Gasteiger partial charge in [0.15, 0.2) is 5.78 Å². The van der Waals surface area contributed by atoms with Gasteiger partial charge in [-0.15, -0.1) is 11.1 Å². The fourth-order valence-electron chi connectivity index (χ4n) is 20.6. The highest BCUT2D eigenvalue weighted by Crippen LogP contribution is 2.60. The summed E-state index contributed by atoms with van der Waals surface area (Å²) in [5.74, 6) is -3.86. The van der Waals surface area contributed by atoms with Crippen LogP contribution >= 0.6 is 0 Å². The lowest BCUT2D eigenvalue weighted by Gasteiger charge is -2.56. The number of aromatic hydroxyl groups is 1. The lowest BCUT2D eigenvalue weighted by molar-refractivity contribution is -0.869. The number of phenolic OH excluding ortho intramolecular Hbond substituents is 1. The highest BCUT2D eigenvalue weighted by molar-refractivity contribution is 6.01. The molecule has 734 valence electrons. The minimum absolute atomic E-state index is 0.0126. The first kappa shape index (κ1) is 105. The Morgan fingerprint density at radius 2 is 1.00 bits per heavy atom. The van der Waals surface area contributed by atoms with Gasteiger partial charge in [0, 0.05) is 51.0 Å². The van der Waals surface area contributed by atoms with E-state index in [0.29, 0.717) is 143 Å². The first-order valence-corrected chi connectivity index (χ1v) is 48.6. The number of allylic oxidation sites excluding steroid dienone is 2. The molecule has 131 heavy (non-hydrogen) atoms. The molecular weight excluding hydrogens is 1680 g/mol. The minimum Gasteiger partial charge on any atom is -0.508 e. The van der Waals surface area contributed by atoms with E-state index in [0.717, 1.165) is 160 Å². The van der Waals surface area contributed by atoms with Crippen LogP contribution < -0.4 is 59.1 Å². The molecule has 2 aromatic rings. The summed E-state index contributed by atoms with van der Waals surface area (Å²) in [6, 6.07) is 9.49. The number of hydrazine groups is 4. The number of hydrogen-bond donors (Lipinski definition) is 12. The first-order valence-electron chi connectivity index (χ1n) is 48.6. The maximum Gasteiger partial charge on any atom is 0.246 e. The van der Waals surface area contributed by atoms with Crippen molar-refractivity contribution in [1.82, 2.24) is 63.8 Å². The number of benzene rings is 2. The molecule has 0 radical (unpaired) electrons. The van der Waals surface area contributed by atoms with Gasteiger partial charge >= 0.3 is 0 Å². The molecule has 2 unspecified atom stereocenters. The molecule has 0 aromatic heterocycles. The number of Topliss-reactive ketones (excluding diaryl/α,β-unsaturated/α-hetero) is 1. The van der Waals surface area contributed by atoms with Crippen LogP contribution in [0.4, 0.5) is 5.69 Å². The number of amides is 8. The lowest BCUT2D eigenvalue weighted by Crippen LogP contribution is -2.60. The van der Waals surface area contributed by atoms with Gasteiger partial charge in [0.1, 0.15) is 37.2 Å². The molecule has 2 saturated carbocycles. The predicted octanol–water partition coefficient (Wildman–Crippen LogP) is 7.45. The molecule has 8 amide bonds. The van der Waals surface area contributed by atoms with E-state index in [1.807, 2.05) is 75.1 Å². The molecule has 34 nitrogen and oxygen atoms in total. The van der Waals surface area contributed by atoms with E-state index in [9.17, 15) is 48.3 Å². The fraction of sp³-hybridized carbons (Fsp3) is 0.742. The SMILES string of the molecule is CC(C)[C@H](NC(=O)[C@@H](CCCCNC(=O)COC1CCCCCC2=C1NNN2CCOCCOCCOCCOCCC(=O)NCC[N+](C)(C)C)NC(=O)CCOCCOCCOCCOCCNC(=O)COC1CCCCCC2=C1NNN2C)C(=O)C[C@@H](C)C(=O)Nc1ccc2c(c1)[C@@]1(C)CCC[C@](C)(C(=O)NC(=O)[C@@]3(C)CCC[C@]4(C)c5cc(O)ccc5CC[C@@H]34)[C@@H]1CC2. The molecule has 0 bridgehead atoms. The Labute approximate surface area is 776 Å². The Hall–Kier alpha value is -7.97. The van der Waals surface area contributed by atoms with E-state index < -0.39 is 52.0 Å². The summed E-state index contributed by atoms with van der Waals surface area (Å²) in [5, 5.41) is 35.3. The summed E-state index contributed by atoms with van der Waals surface area (Å²) in [4.78, 5) is 125. The molecule has 2 aliphatic heterocycles. The van der Waals surface area contributed by atoms with E-state index in [-0.39, 0.29) is 135 Å². The van der Waals surface area contributed by atoms with Crippen molar-refractivity contribution in [3.8, 4) is 5.75 Å². The number of nitrogens with one attached hydrogen (secondary N) is 11. The number of nitrogens with zero attached hydrogens (tertiary/aromatic N) is 3.